The van der Waals surface area contributed by atoms with Crippen LogP contribution in [0, 0.1) is 5.92 Å². The SMILES string of the molecule is CCC1CCC(C(=O)O)(N2CCNCC2)CC1. The molecule has 4 nitrogen and oxygen atoms in total. The molecule has 1 aliphatic carbocycles. The van der Waals surface area contributed by atoms with Gasteiger partial charge in [0.1, 0.15) is 5.54 Å². The molecule has 0 unspecified atom stereocenters. The van der Waals surface area contributed by atoms with Gasteiger partial charge in [-0.3, -0.25) is 9.69 Å². The van der Waals surface area contributed by atoms with Gasteiger partial charge in [-0.15, -0.1) is 0 Å². The van der Waals surface area contributed by atoms with Crippen LogP contribution in [0.25, 0.3) is 0 Å². The average molecular weight is 240 g/mol. The van der Waals surface area contributed by atoms with Crippen molar-refractivity contribution in [3.05, 3.63) is 0 Å². The van der Waals surface area contributed by atoms with Crippen LogP contribution in [0.5, 0.6) is 0 Å². The summed E-state index contributed by atoms with van der Waals surface area (Å²) < 4.78 is 0. The van der Waals surface area contributed by atoms with Gasteiger partial charge in [0.2, 0.25) is 0 Å². The molecule has 2 rings (SSSR count). The van der Waals surface area contributed by atoms with E-state index in [1.807, 2.05) is 0 Å². The van der Waals surface area contributed by atoms with Crippen LogP contribution in [0.15, 0.2) is 0 Å². The van der Waals surface area contributed by atoms with E-state index < -0.39 is 11.5 Å². The second-order valence-electron chi connectivity index (χ2n) is 5.43. The molecule has 17 heavy (non-hydrogen) atoms. The Bertz CT molecular complexity index is 267. The van der Waals surface area contributed by atoms with E-state index >= 15 is 0 Å². The molecule has 2 fully saturated rings. The summed E-state index contributed by atoms with van der Waals surface area (Å²) in [5.74, 6) is 0.138. The normalized spacial score (nSPS) is 35.7. The standard InChI is InChI=1S/C13H24N2O2/c1-2-11-3-5-13(6-4-11,12(16)17)15-9-7-14-8-10-15/h11,14H,2-10H2,1H3,(H,16,17). The Labute approximate surface area is 103 Å². The number of rotatable bonds is 3. The summed E-state index contributed by atoms with van der Waals surface area (Å²) in [4.78, 5) is 13.9. The first kappa shape index (κ1) is 12.8. The van der Waals surface area contributed by atoms with E-state index in [0.29, 0.717) is 0 Å². The van der Waals surface area contributed by atoms with E-state index in [1.165, 1.54) is 6.42 Å². The van der Waals surface area contributed by atoms with E-state index in [1.54, 1.807) is 0 Å². The first-order valence-electron chi connectivity index (χ1n) is 6.88. The Balaban J connectivity index is 2.07. The zero-order valence-corrected chi connectivity index (χ0v) is 10.7. The van der Waals surface area contributed by atoms with Crippen LogP contribution in [-0.4, -0.2) is 47.7 Å². The molecule has 2 aliphatic rings. The van der Waals surface area contributed by atoms with Gasteiger partial charge < -0.3 is 10.4 Å². The molecule has 1 aliphatic heterocycles. The molecular weight excluding hydrogens is 216 g/mol. The Morgan fingerprint density at radius 3 is 2.41 bits per heavy atom. The molecule has 0 atom stereocenters. The third-order valence-electron chi connectivity index (χ3n) is 4.63. The third-order valence-corrected chi connectivity index (χ3v) is 4.63. The first-order valence-corrected chi connectivity index (χ1v) is 6.88. The van der Waals surface area contributed by atoms with Gasteiger partial charge in [0.15, 0.2) is 0 Å². The number of piperazine rings is 1. The van der Waals surface area contributed by atoms with Gasteiger partial charge in [-0.2, -0.15) is 0 Å². The highest BCUT2D eigenvalue weighted by Crippen LogP contribution is 2.38. The van der Waals surface area contributed by atoms with Crippen LogP contribution >= 0.6 is 0 Å². The topological polar surface area (TPSA) is 52.6 Å². The summed E-state index contributed by atoms with van der Waals surface area (Å²) >= 11 is 0. The van der Waals surface area contributed by atoms with Gasteiger partial charge in [0.05, 0.1) is 0 Å². The molecule has 0 aromatic carbocycles. The number of carboxylic acids is 1. The minimum absolute atomic E-state index is 0.562. The van der Waals surface area contributed by atoms with Crippen molar-refractivity contribution in [2.24, 2.45) is 5.92 Å². The quantitative estimate of drug-likeness (QED) is 0.781. The second kappa shape index (κ2) is 5.36. The van der Waals surface area contributed by atoms with Crippen molar-refractivity contribution in [2.75, 3.05) is 26.2 Å². The molecular formula is C13H24N2O2. The highest BCUT2D eigenvalue weighted by Gasteiger charge is 2.46. The average Bonchev–Trinajstić information content (AvgIpc) is 2.39. The van der Waals surface area contributed by atoms with Crippen LogP contribution in [0.1, 0.15) is 39.0 Å². The number of hydrogen-bond acceptors (Lipinski definition) is 3. The number of hydrogen-bond donors (Lipinski definition) is 2. The highest BCUT2D eigenvalue weighted by molar-refractivity contribution is 5.79. The van der Waals surface area contributed by atoms with Crippen LogP contribution in [0.2, 0.25) is 0 Å². The second-order valence-corrected chi connectivity index (χ2v) is 5.43. The summed E-state index contributed by atoms with van der Waals surface area (Å²) in [7, 11) is 0. The van der Waals surface area contributed by atoms with Gasteiger partial charge in [0, 0.05) is 26.2 Å². The summed E-state index contributed by atoms with van der Waals surface area (Å²) in [6.07, 6.45) is 5.01. The fraction of sp³-hybridized carbons (Fsp3) is 0.923. The van der Waals surface area contributed by atoms with Gasteiger partial charge >= 0.3 is 5.97 Å². The van der Waals surface area contributed by atoms with E-state index in [-0.39, 0.29) is 0 Å². The lowest BCUT2D eigenvalue weighted by atomic mass is 9.74. The van der Waals surface area contributed by atoms with Crippen molar-refractivity contribution in [2.45, 2.75) is 44.6 Å². The van der Waals surface area contributed by atoms with Crippen LogP contribution in [0.3, 0.4) is 0 Å². The fourth-order valence-corrected chi connectivity index (χ4v) is 3.32. The Morgan fingerprint density at radius 1 is 1.35 bits per heavy atom. The molecule has 0 aromatic heterocycles. The molecule has 4 heteroatoms. The molecule has 0 aromatic rings. The molecule has 0 amide bonds. The maximum absolute atomic E-state index is 11.7. The van der Waals surface area contributed by atoms with Crippen molar-refractivity contribution >= 4 is 5.97 Å². The van der Waals surface area contributed by atoms with Crippen LogP contribution in [0.4, 0.5) is 0 Å². The van der Waals surface area contributed by atoms with Gasteiger partial charge in [-0.1, -0.05) is 13.3 Å². The van der Waals surface area contributed by atoms with Crippen molar-refractivity contribution in [3.8, 4) is 0 Å². The lowest BCUT2D eigenvalue weighted by Gasteiger charge is -2.46. The zero-order chi connectivity index (χ0) is 12.3. The molecule has 98 valence electrons. The van der Waals surface area contributed by atoms with Gasteiger partial charge in [-0.25, -0.2) is 0 Å². The van der Waals surface area contributed by atoms with Crippen molar-refractivity contribution in [3.63, 3.8) is 0 Å². The van der Waals surface area contributed by atoms with Crippen LogP contribution < -0.4 is 5.32 Å². The van der Waals surface area contributed by atoms with E-state index in [4.69, 9.17) is 0 Å². The third kappa shape index (κ3) is 2.47. The molecule has 0 spiro atoms. The molecule has 2 N–H and O–H groups in total. The van der Waals surface area contributed by atoms with Crippen LogP contribution in [-0.2, 0) is 4.79 Å². The van der Waals surface area contributed by atoms with Crippen molar-refractivity contribution < 1.29 is 9.90 Å². The molecule has 1 saturated heterocycles. The van der Waals surface area contributed by atoms with Gasteiger partial charge in [0.25, 0.3) is 0 Å². The minimum atomic E-state index is -0.603. The minimum Gasteiger partial charge on any atom is -0.480 e. The number of carbonyl (C=O) groups is 1. The van der Waals surface area contributed by atoms with Gasteiger partial charge in [-0.05, 0) is 31.6 Å². The van der Waals surface area contributed by atoms with E-state index in [2.05, 4.69) is 17.1 Å². The number of nitrogens with one attached hydrogen (secondary N) is 1. The fourth-order valence-electron chi connectivity index (χ4n) is 3.32. The monoisotopic (exact) mass is 240 g/mol. The summed E-state index contributed by atoms with van der Waals surface area (Å²) in [5.41, 5.74) is -0.562. The van der Waals surface area contributed by atoms with Crippen molar-refractivity contribution in [1.82, 2.24) is 10.2 Å². The number of aliphatic carboxylic acids is 1. The maximum atomic E-state index is 11.7. The Kier molecular flexibility index (Phi) is 4.05. The zero-order valence-electron chi connectivity index (χ0n) is 10.7. The molecule has 0 radical (unpaired) electrons. The summed E-state index contributed by atoms with van der Waals surface area (Å²) in [6.45, 7) is 5.81. The lowest BCUT2D eigenvalue weighted by Crippen LogP contribution is -2.61. The lowest BCUT2D eigenvalue weighted by molar-refractivity contribution is -0.155. The van der Waals surface area contributed by atoms with E-state index in [0.717, 1.165) is 57.8 Å². The number of nitrogens with zero attached hydrogens (tertiary/aromatic N) is 1. The Morgan fingerprint density at radius 2 is 1.94 bits per heavy atom. The number of carboxylic acid groups (broad SMARTS) is 1. The predicted molar refractivity (Wildman–Crippen MR) is 67.1 cm³/mol. The summed E-state index contributed by atoms with van der Waals surface area (Å²) in [5, 5.41) is 12.9. The predicted octanol–water partition coefficient (Wildman–Crippen LogP) is 1.32. The first-order chi connectivity index (χ1) is 8.19. The van der Waals surface area contributed by atoms with E-state index in [9.17, 15) is 9.90 Å². The molecule has 1 heterocycles. The Hall–Kier alpha value is -0.610. The van der Waals surface area contributed by atoms with Crippen molar-refractivity contribution in [1.29, 1.82) is 0 Å². The summed E-state index contributed by atoms with van der Waals surface area (Å²) in [6, 6.07) is 0. The highest BCUT2D eigenvalue weighted by atomic mass is 16.4. The maximum Gasteiger partial charge on any atom is 0.324 e. The largest absolute Gasteiger partial charge is 0.480 e. The smallest absolute Gasteiger partial charge is 0.324 e. The molecule has 1 saturated carbocycles. The molecule has 0 bridgehead atoms.